The zero-order chi connectivity index (χ0) is 17.9. The molecule has 1 aromatic rings. The second-order valence-electron chi connectivity index (χ2n) is 7.99. The number of ether oxygens (including phenoxy) is 1. The number of hydrogen-bond donors (Lipinski definition) is 0. The summed E-state index contributed by atoms with van der Waals surface area (Å²) in [4.78, 5) is 29.1. The topological polar surface area (TPSA) is 49.9 Å². The summed E-state index contributed by atoms with van der Waals surface area (Å²) in [5, 5.41) is 0.353. The van der Waals surface area contributed by atoms with E-state index in [1.165, 1.54) is 0 Å². The average molecular weight is 351 g/mol. The zero-order valence-electron chi connectivity index (χ0n) is 14.7. The predicted molar refractivity (Wildman–Crippen MR) is 93.3 cm³/mol. The molecule has 2 amide bonds. The van der Waals surface area contributed by atoms with Crippen molar-refractivity contribution >= 4 is 29.3 Å². The quantitative estimate of drug-likeness (QED) is 0.772. The number of benzene rings is 1. The summed E-state index contributed by atoms with van der Waals surface area (Å²) in [7, 11) is 2.04. The first-order chi connectivity index (χ1) is 11.0. The Morgan fingerprint density at radius 3 is 2.12 bits per heavy atom. The molecule has 2 fully saturated rings. The summed E-state index contributed by atoms with van der Waals surface area (Å²) >= 11 is 6.19. The van der Waals surface area contributed by atoms with Crippen molar-refractivity contribution in [3.63, 3.8) is 0 Å². The van der Waals surface area contributed by atoms with Crippen LogP contribution in [0, 0.1) is 0 Å². The molecule has 0 radical (unpaired) electrons. The van der Waals surface area contributed by atoms with Crippen molar-refractivity contribution in [1.29, 1.82) is 0 Å². The van der Waals surface area contributed by atoms with E-state index >= 15 is 0 Å². The van der Waals surface area contributed by atoms with Crippen molar-refractivity contribution in [1.82, 2.24) is 4.90 Å². The predicted octanol–water partition coefficient (Wildman–Crippen LogP) is 3.84. The van der Waals surface area contributed by atoms with E-state index in [1.807, 2.05) is 7.05 Å². The van der Waals surface area contributed by atoms with Crippen LogP contribution in [0.25, 0.3) is 0 Å². The van der Waals surface area contributed by atoms with E-state index in [2.05, 4.69) is 32.6 Å². The molecule has 1 aromatic carbocycles. The lowest BCUT2D eigenvalue weighted by molar-refractivity contribution is -0.150. The number of carbonyl (C=O) groups is 2. The SMILES string of the molecule is CN1C(C)(C)CC2(CC1(C)C)OC(=O)N(c1ccccc1Cl)C2=O. The molecule has 0 atom stereocenters. The summed E-state index contributed by atoms with van der Waals surface area (Å²) in [6.07, 6.45) is 0.251. The third kappa shape index (κ3) is 2.42. The number of imide groups is 1. The number of piperidine rings is 1. The normalized spacial score (nSPS) is 25.2. The van der Waals surface area contributed by atoms with Crippen LogP contribution in [0.4, 0.5) is 10.5 Å². The molecule has 2 heterocycles. The molecule has 24 heavy (non-hydrogen) atoms. The van der Waals surface area contributed by atoms with Gasteiger partial charge in [-0.1, -0.05) is 23.7 Å². The molecule has 1 spiro atoms. The second-order valence-corrected chi connectivity index (χ2v) is 8.40. The highest BCUT2D eigenvalue weighted by Crippen LogP contribution is 2.48. The molecule has 0 N–H and O–H groups in total. The molecular weight excluding hydrogens is 328 g/mol. The van der Waals surface area contributed by atoms with Crippen LogP contribution in [0.3, 0.4) is 0 Å². The van der Waals surface area contributed by atoms with Crippen LogP contribution in [0.1, 0.15) is 40.5 Å². The van der Waals surface area contributed by atoms with Gasteiger partial charge in [-0.15, -0.1) is 0 Å². The molecule has 130 valence electrons. The molecule has 0 bridgehead atoms. The molecule has 0 aromatic heterocycles. The van der Waals surface area contributed by atoms with Gasteiger partial charge in [-0.25, -0.2) is 9.69 Å². The smallest absolute Gasteiger partial charge is 0.422 e. The van der Waals surface area contributed by atoms with E-state index < -0.39 is 11.7 Å². The lowest BCUT2D eigenvalue weighted by Gasteiger charge is -2.55. The van der Waals surface area contributed by atoms with E-state index in [9.17, 15) is 9.59 Å². The Bertz CT molecular complexity index is 696. The van der Waals surface area contributed by atoms with Crippen molar-refractivity contribution < 1.29 is 14.3 Å². The largest absolute Gasteiger partial charge is 0.432 e. The Morgan fingerprint density at radius 1 is 1.04 bits per heavy atom. The van der Waals surface area contributed by atoms with Crippen LogP contribution in [0.15, 0.2) is 24.3 Å². The molecule has 2 saturated heterocycles. The average Bonchev–Trinajstić information content (AvgIpc) is 2.67. The number of rotatable bonds is 1. The molecule has 3 rings (SSSR count). The van der Waals surface area contributed by atoms with Crippen LogP contribution in [-0.4, -0.2) is 40.6 Å². The maximum atomic E-state index is 13.2. The molecule has 2 aliphatic heterocycles. The van der Waals surface area contributed by atoms with E-state index in [4.69, 9.17) is 16.3 Å². The first-order valence-corrected chi connectivity index (χ1v) is 8.44. The van der Waals surface area contributed by atoms with Gasteiger partial charge in [0.1, 0.15) is 0 Å². The third-order valence-corrected chi connectivity index (χ3v) is 5.72. The number of likely N-dealkylation sites (tertiary alicyclic amines) is 1. The van der Waals surface area contributed by atoms with Gasteiger partial charge in [-0.3, -0.25) is 9.69 Å². The summed E-state index contributed by atoms with van der Waals surface area (Å²) in [6.45, 7) is 8.26. The maximum absolute atomic E-state index is 13.2. The van der Waals surface area contributed by atoms with Gasteiger partial charge in [-0.05, 0) is 46.9 Å². The van der Waals surface area contributed by atoms with E-state index in [1.54, 1.807) is 24.3 Å². The Morgan fingerprint density at radius 2 is 1.58 bits per heavy atom. The summed E-state index contributed by atoms with van der Waals surface area (Å²) in [6, 6.07) is 6.82. The van der Waals surface area contributed by atoms with Crippen LogP contribution in [0.5, 0.6) is 0 Å². The summed E-state index contributed by atoms with van der Waals surface area (Å²) in [5.74, 6) is -0.324. The lowest BCUT2D eigenvalue weighted by Crippen LogP contribution is -2.66. The number of nitrogens with zero attached hydrogens (tertiary/aromatic N) is 2. The molecular formula is C18H23ClN2O3. The lowest BCUT2D eigenvalue weighted by atomic mass is 9.71. The number of hydrogen-bond acceptors (Lipinski definition) is 4. The van der Waals surface area contributed by atoms with Gasteiger partial charge in [0.05, 0.1) is 10.7 Å². The molecule has 0 aliphatic carbocycles. The minimum atomic E-state index is -1.14. The first-order valence-electron chi connectivity index (χ1n) is 8.06. The molecule has 0 saturated carbocycles. The van der Waals surface area contributed by atoms with Crippen molar-refractivity contribution in [3.05, 3.63) is 29.3 Å². The Hall–Kier alpha value is -1.59. The fourth-order valence-electron chi connectivity index (χ4n) is 4.12. The number of halogens is 1. The van der Waals surface area contributed by atoms with Gasteiger partial charge in [0.2, 0.25) is 0 Å². The Balaban J connectivity index is 2.04. The van der Waals surface area contributed by atoms with Crippen LogP contribution in [-0.2, 0) is 9.53 Å². The van der Waals surface area contributed by atoms with Crippen molar-refractivity contribution in [2.24, 2.45) is 0 Å². The standard InChI is InChI=1S/C18H23ClN2O3/c1-16(2)10-18(11-17(3,4)20(16)5)14(22)21(15(23)24-18)13-9-7-6-8-12(13)19/h6-9H,10-11H2,1-5H3. The molecule has 5 nitrogen and oxygen atoms in total. The number of carbonyl (C=O) groups excluding carboxylic acids is 2. The number of para-hydroxylation sites is 1. The highest BCUT2D eigenvalue weighted by molar-refractivity contribution is 6.35. The van der Waals surface area contributed by atoms with Gasteiger partial charge >= 0.3 is 6.09 Å². The Labute approximate surface area is 147 Å². The first kappa shape index (κ1) is 17.2. The fourth-order valence-corrected chi connectivity index (χ4v) is 4.34. The summed E-state index contributed by atoms with van der Waals surface area (Å²) < 4.78 is 5.70. The molecule has 6 heteroatoms. The van der Waals surface area contributed by atoms with Crippen molar-refractivity contribution in [3.8, 4) is 0 Å². The fraction of sp³-hybridized carbons (Fsp3) is 0.556. The highest BCUT2D eigenvalue weighted by atomic mass is 35.5. The number of amides is 2. The van der Waals surface area contributed by atoms with Crippen molar-refractivity contribution in [2.75, 3.05) is 11.9 Å². The second kappa shape index (κ2) is 5.20. The van der Waals surface area contributed by atoms with Crippen LogP contribution < -0.4 is 4.90 Å². The van der Waals surface area contributed by atoms with Gasteiger partial charge in [0, 0.05) is 23.9 Å². The van der Waals surface area contributed by atoms with E-state index in [-0.39, 0.29) is 17.0 Å². The third-order valence-electron chi connectivity index (χ3n) is 5.40. The maximum Gasteiger partial charge on any atom is 0.422 e. The van der Waals surface area contributed by atoms with Crippen LogP contribution >= 0.6 is 11.6 Å². The highest BCUT2D eigenvalue weighted by Gasteiger charge is 2.63. The van der Waals surface area contributed by atoms with Crippen molar-refractivity contribution in [2.45, 2.75) is 57.2 Å². The Kier molecular flexibility index (Phi) is 3.74. The van der Waals surface area contributed by atoms with E-state index in [0.717, 1.165) is 4.90 Å². The number of anilines is 1. The monoisotopic (exact) mass is 350 g/mol. The molecule has 0 unspecified atom stereocenters. The molecule has 2 aliphatic rings. The van der Waals surface area contributed by atoms with Crippen LogP contribution in [0.2, 0.25) is 5.02 Å². The van der Waals surface area contributed by atoms with Gasteiger partial charge < -0.3 is 4.74 Å². The zero-order valence-corrected chi connectivity index (χ0v) is 15.5. The van der Waals surface area contributed by atoms with Gasteiger partial charge in [0.25, 0.3) is 5.91 Å². The minimum absolute atomic E-state index is 0.284. The van der Waals surface area contributed by atoms with Gasteiger partial charge in [0.15, 0.2) is 5.60 Å². The van der Waals surface area contributed by atoms with Gasteiger partial charge in [-0.2, -0.15) is 0 Å². The van der Waals surface area contributed by atoms with E-state index in [0.29, 0.717) is 23.6 Å². The summed E-state index contributed by atoms with van der Waals surface area (Å²) in [5.41, 5.74) is -1.33. The minimum Gasteiger partial charge on any atom is -0.432 e.